The average molecular weight is 441 g/mol. The van der Waals surface area contributed by atoms with Crippen LogP contribution in [0, 0.1) is 0 Å². The molecule has 0 bridgehead atoms. The summed E-state index contributed by atoms with van der Waals surface area (Å²) in [4.78, 5) is 27.9. The Morgan fingerprint density at radius 1 is 1.12 bits per heavy atom. The van der Waals surface area contributed by atoms with Crippen molar-refractivity contribution in [2.45, 2.75) is 5.92 Å². The van der Waals surface area contributed by atoms with Crippen molar-refractivity contribution >= 4 is 28.4 Å². The number of para-hydroxylation sites is 1. The Labute approximate surface area is 190 Å². The zero-order valence-electron chi connectivity index (χ0n) is 18.1. The Balaban J connectivity index is 1.42. The molecular weight excluding hydrogens is 418 g/mol. The van der Waals surface area contributed by atoms with E-state index in [-0.39, 0.29) is 24.3 Å². The van der Waals surface area contributed by atoms with Gasteiger partial charge in [0.2, 0.25) is 0 Å². The van der Waals surface area contributed by atoms with Crippen molar-refractivity contribution in [1.82, 2.24) is 10.3 Å². The van der Waals surface area contributed by atoms with Crippen molar-refractivity contribution in [1.29, 1.82) is 0 Å². The molecule has 0 saturated carbocycles. The van der Waals surface area contributed by atoms with Crippen molar-refractivity contribution in [3.63, 3.8) is 0 Å². The van der Waals surface area contributed by atoms with Gasteiger partial charge in [-0.2, -0.15) is 0 Å². The molecule has 1 aliphatic heterocycles. The van der Waals surface area contributed by atoms with Crippen LogP contribution >= 0.6 is 0 Å². The molecule has 1 aliphatic rings. The quantitative estimate of drug-likeness (QED) is 0.421. The molecule has 3 aromatic carbocycles. The van der Waals surface area contributed by atoms with Crippen molar-refractivity contribution in [2.24, 2.45) is 0 Å². The number of benzene rings is 3. The third-order valence-electron chi connectivity index (χ3n) is 5.86. The largest absolute Gasteiger partial charge is 0.497 e. The van der Waals surface area contributed by atoms with E-state index >= 15 is 0 Å². The summed E-state index contributed by atoms with van der Waals surface area (Å²) in [7, 11) is 1.64. The lowest BCUT2D eigenvalue weighted by atomic mass is 9.90. The Morgan fingerprint density at radius 3 is 2.76 bits per heavy atom. The van der Waals surface area contributed by atoms with Gasteiger partial charge in [-0.15, -0.1) is 0 Å². The number of anilines is 1. The van der Waals surface area contributed by atoms with E-state index in [0.717, 1.165) is 27.8 Å². The molecule has 3 N–H and O–H groups in total. The summed E-state index contributed by atoms with van der Waals surface area (Å²) in [6.45, 7) is 0.375. The molecular formula is C26H23N3O4. The molecule has 0 radical (unpaired) electrons. The minimum Gasteiger partial charge on any atom is -0.497 e. The number of ether oxygens (including phenoxy) is 2. The van der Waals surface area contributed by atoms with Crippen molar-refractivity contribution in [3.8, 4) is 11.5 Å². The first-order chi connectivity index (χ1) is 16.1. The predicted octanol–water partition coefficient (Wildman–Crippen LogP) is 4.07. The summed E-state index contributed by atoms with van der Waals surface area (Å²) in [6.07, 6.45) is 2.00. The Hall–Kier alpha value is -4.26. The second kappa shape index (κ2) is 8.70. The maximum absolute atomic E-state index is 13.0. The van der Waals surface area contributed by atoms with Gasteiger partial charge in [-0.05, 0) is 47.5 Å². The van der Waals surface area contributed by atoms with E-state index in [0.29, 0.717) is 23.5 Å². The van der Waals surface area contributed by atoms with Gasteiger partial charge in [-0.3, -0.25) is 9.59 Å². The van der Waals surface area contributed by atoms with Gasteiger partial charge in [0.1, 0.15) is 11.5 Å². The Kier molecular flexibility index (Phi) is 5.44. The number of rotatable bonds is 6. The van der Waals surface area contributed by atoms with Gasteiger partial charge in [0.05, 0.1) is 12.8 Å². The number of nitrogens with one attached hydrogen (secondary N) is 3. The minimum atomic E-state index is -0.237. The molecule has 0 fully saturated rings. The number of aromatic nitrogens is 1. The second-order valence-corrected chi connectivity index (χ2v) is 7.87. The summed E-state index contributed by atoms with van der Waals surface area (Å²) < 4.78 is 10.7. The van der Waals surface area contributed by atoms with Crippen LogP contribution in [0.15, 0.2) is 72.9 Å². The normalized spacial score (nSPS) is 13.5. The van der Waals surface area contributed by atoms with Crippen molar-refractivity contribution in [2.75, 3.05) is 25.6 Å². The lowest BCUT2D eigenvalue weighted by Gasteiger charge is -2.20. The number of amides is 2. The zero-order valence-corrected chi connectivity index (χ0v) is 18.1. The van der Waals surface area contributed by atoms with Gasteiger partial charge in [0.15, 0.2) is 6.61 Å². The maximum Gasteiger partial charge on any atom is 0.262 e. The monoisotopic (exact) mass is 441 g/mol. The molecule has 0 saturated heterocycles. The number of carbonyl (C=O) groups is 2. The number of H-pyrrole nitrogens is 1. The molecule has 1 aromatic heterocycles. The first-order valence-corrected chi connectivity index (χ1v) is 10.7. The first-order valence-electron chi connectivity index (χ1n) is 10.7. The third kappa shape index (κ3) is 4.13. The number of hydrogen-bond donors (Lipinski definition) is 3. The topological polar surface area (TPSA) is 92.5 Å². The van der Waals surface area contributed by atoms with E-state index in [2.05, 4.69) is 21.7 Å². The zero-order chi connectivity index (χ0) is 22.8. The molecule has 5 rings (SSSR count). The number of hydrogen-bond acceptors (Lipinski definition) is 4. The number of fused-ring (bicyclic) bond motifs is 2. The standard InChI is InChI=1S/C26H23N3O4/c1-32-18-9-6-16(7-10-18)20(21-14-27-22-5-3-2-4-19(21)22)13-28-26(31)17-8-11-24-23(12-17)29-25(30)15-33-24/h2-12,14,20,27H,13,15H2,1H3,(H,28,31)(H,29,30)/t20-/m0/s1. The van der Waals surface area contributed by atoms with Crippen molar-refractivity contribution < 1.29 is 19.1 Å². The van der Waals surface area contributed by atoms with E-state index in [1.807, 2.05) is 48.7 Å². The van der Waals surface area contributed by atoms with Crippen LogP contribution in [0.25, 0.3) is 10.9 Å². The van der Waals surface area contributed by atoms with Crippen molar-refractivity contribution in [3.05, 3.63) is 89.6 Å². The Morgan fingerprint density at radius 2 is 1.94 bits per heavy atom. The molecule has 2 heterocycles. The van der Waals surface area contributed by atoms with Gasteiger partial charge < -0.3 is 25.1 Å². The number of carbonyl (C=O) groups excluding carboxylic acids is 2. The van der Waals surface area contributed by atoms with E-state index < -0.39 is 0 Å². The van der Waals surface area contributed by atoms with E-state index in [1.54, 1.807) is 25.3 Å². The van der Waals surface area contributed by atoms with Gasteiger partial charge in [0, 0.05) is 35.1 Å². The summed E-state index contributed by atoms with van der Waals surface area (Å²) >= 11 is 0. The molecule has 7 heteroatoms. The van der Waals surface area contributed by atoms with Gasteiger partial charge >= 0.3 is 0 Å². The van der Waals surface area contributed by atoms with Crippen LogP contribution in [0.4, 0.5) is 5.69 Å². The lowest BCUT2D eigenvalue weighted by molar-refractivity contribution is -0.118. The van der Waals surface area contributed by atoms with E-state index in [4.69, 9.17) is 9.47 Å². The smallest absolute Gasteiger partial charge is 0.262 e. The van der Waals surface area contributed by atoms with E-state index in [9.17, 15) is 9.59 Å². The van der Waals surface area contributed by atoms with E-state index in [1.165, 1.54) is 0 Å². The Bertz CT molecular complexity index is 1330. The van der Waals surface area contributed by atoms with Crippen LogP contribution in [0.5, 0.6) is 11.5 Å². The fourth-order valence-corrected chi connectivity index (χ4v) is 4.15. The molecule has 33 heavy (non-hydrogen) atoms. The minimum absolute atomic E-state index is 0.0211. The number of aromatic amines is 1. The highest BCUT2D eigenvalue weighted by Crippen LogP contribution is 2.32. The van der Waals surface area contributed by atoms with Crippen LogP contribution < -0.4 is 20.1 Å². The summed E-state index contributed by atoms with van der Waals surface area (Å²) in [5.74, 6) is 0.798. The molecule has 2 amide bonds. The highest BCUT2D eigenvalue weighted by Gasteiger charge is 2.21. The summed E-state index contributed by atoms with van der Waals surface area (Å²) in [5.41, 5.74) is 4.16. The number of methoxy groups -OCH3 is 1. The predicted molar refractivity (Wildman–Crippen MR) is 126 cm³/mol. The van der Waals surface area contributed by atoms with Gasteiger partial charge in [-0.25, -0.2) is 0 Å². The molecule has 166 valence electrons. The summed E-state index contributed by atoms with van der Waals surface area (Å²) in [5, 5.41) is 6.91. The molecule has 1 atom stereocenters. The van der Waals surface area contributed by atoms with Crippen LogP contribution in [0.1, 0.15) is 27.4 Å². The fourth-order valence-electron chi connectivity index (χ4n) is 4.15. The SMILES string of the molecule is COc1ccc([C@H](CNC(=O)c2ccc3c(c2)NC(=O)CO3)c2c[nH]c3ccccc23)cc1. The first kappa shape index (κ1) is 20.6. The second-order valence-electron chi connectivity index (χ2n) is 7.87. The highest BCUT2D eigenvalue weighted by atomic mass is 16.5. The third-order valence-corrected chi connectivity index (χ3v) is 5.86. The highest BCUT2D eigenvalue weighted by molar-refractivity contribution is 6.00. The van der Waals surface area contributed by atoms with Crippen LogP contribution in [-0.4, -0.2) is 37.1 Å². The fraction of sp³-hybridized carbons (Fsp3) is 0.154. The lowest BCUT2D eigenvalue weighted by Crippen LogP contribution is -2.30. The van der Waals surface area contributed by atoms with Crippen LogP contribution in [-0.2, 0) is 4.79 Å². The van der Waals surface area contributed by atoms with Gasteiger partial charge in [0.25, 0.3) is 11.8 Å². The molecule has 0 unspecified atom stereocenters. The van der Waals surface area contributed by atoms with Crippen LogP contribution in [0.3, 0.4) is 0 Å². The maximum atomic E-state index is 13.0. The molecule has 4 aromatic rings. The average Bonchev–Trinajstić information content (AvgIpc) is 3.28. The summed E-state index contributed by atoms with van der Waals surface area (Å²) in [6, 6.07) is 21.0. The molecule has 7 nitrogen and oxygen atoms in total. The van der Waals surface area contributed by atoms with Crippen LogP contribution in [0.2, 0.25) is 0 Å². The molecule has 0 aliphatic carbocycles. The molecule has 0 spiro atoms. The van der Waals surface area contributed by atoms with Gasteiger partial charge in [-0.1, -0.05) is 30.3 Å².